The van der Waals surface area contributed by atoms with Crippen LogP contribution in [0.2, 0.25) is 4.34 Å². The number of aromatic nitrogens is 1. The second-order valence-corrected chi connectivity index (χ2v) is 6.02. The Morgan fingerprint density at radius 2 is 1.42 bits per heavy atom. The van der Waals surface area contributed by atoms with Crippen LogP contribution in [0.15, 0.2) is 60.0 Å². The van der Waals surface area contributed by atoms with Gasteiger partial charge in [0.25, 0.3) is 0 Å². The number of hydrogen-bond donors (Lipinski definition) is 0. The normalized spacial score (nSPS) is 11.4. The molecule has 4 rings (SSSR count). The Bertz CT molecular complexity index is 835. The standard InChI is InChI=1S/C16H10ClNS/c17-16-9-11(10-19-16)18-14-7-3-1-5-12(14)13-6-2-4-8-15(13)18/h1-10H. The van der Waals surface area contributed by atoms with Gasteiger partial charge in [-0.05, 0) is 18.2 Å². The van der Waals surface area contributed by atoms with Gasteiger partial charge in [-0.25, -0.2) is 0 Å². The summed E-state index contributed by atoms with van der Waals surface area (Å²) in [5.74, 6) is 0. The molecule has 4 aromatic rings. The maximum Gasteiger partial charge on any atom is 0.0949 e. The number of fused-ring (bicyclic) bond motifs is 3. The van der Waals surface area contributed by atoms with Crippen molar-refractivity contribution in [3.63, 3.8) is 0 Å². The highest BCUT2D eigenvalue weighted by molar-refractivity contribution is 7.14. The van der Waals surface area contributed by atoms with Crippen molar-refractivity contribution in [3.05, 3.63) is 64.3 Å². The summed E-state index contributed by atoms with van der Waals surface area (Å²) in [5, 5.41) is 4.65. The van der Waals surface area contributed by atoms with E-state index in [9.17, 15) is 0 Å². The Balaban J connectivity index is 2.23. The van der Waals surface area contributed by atoms with Gasteiger partial charge in [-0.2, -0.15) is 0 Å². The fourth-order valence-electron chi connectivity index (χ4n) is 2.62. The minimum Gasteiger partial charge on any atom is -0.308 e. The van der Waals surface area contributed by atoms with Crippen molar-refractivity contribution in [3.8, 4) is 5.69 Å². The molecule has 0 N–H and O–H groups in total. The highest BCUT2D eigenvalue weighted by Crippen LogP contribution is 2.33. The van der Waals surface area contributed by atoms with E-state index in [1.165, 1.54) is 21.8 Å². The molecule has 0 atom stereocenters. The van der Waals surface area contributed by atoms with E-state index < -0.39 is 0 Å². The number of thiophene rings is 1. The van der Waals surface area contributed by atoms with Gasteiger partial charge >= 0.3 is 0 Å². The Morgan fingerprint density at radius 1 is 0.842 bits per heavy atom. The predicted octanol–water partition coefficient (Wildman–Crippen LogP) is 5.50. The molecule has 2 aromatic carbocycles. The number of benzene rings is 2. The van der Waals surface area contributed by atoms with Crippen molar-refractivity contribution in [2.24, 2.45) is 0 Å². The first-order valence-electron chi connectivity index (χ1n) is 6.07. The molecule has 3 heteroatoms. The van der Waals surface area contributed by atoms with Gasteiger partial charge in [-0.15, -0.1) is 11.3 Å². The van der Waals surface area contributed by atoms with Gasteiger partial charge in [-0.3, -0.25) is 0 Å². The molecule has 0 aliphatic heterocycles. The second-order valence-electron chi connectivity index (χ2n) is 4.48. The summed E-state index contributed by atoms with van der Waals surface area (Å²) in [6.07, 6.45) is 0. The molecule has 0 unspecified atom stereocenters. The lowest BCUT2D eigenvalue weighted by atomic mass is 10.2. The highest BCUT2D eigenvalue weighted by atomic mass is 35.5. The van der Waals surface area contributed by atoms with Crippen LogP contribution in [-0.2, 0) is 0 Å². The third-order valence-electron chi connectivity index (χ3n) is 3.39. The average Bonchev–Trinajstić information content (AvgIpc) is 3.00. The maximum atomic E-state index is 6.08. The first kappa shape index (κ1) is 11.1. The SMILES string of the molecule is Clc1cc(-n2c3ccccc3c3ccccc32)cs1. The lowest BCUT2D eigenvalue weighted by molar-refractivity contribution is 1.19. The van der Waals surface area contributed by atoms with Gasteiger partial charge in [-0.1, -0.05) is 48.0 Å². The average molecular weight is 284 g/mol. The van der Waals surface area contributed by atoms with E-state index in [4.69, 9.17) is 11.6 Å². The Hall–Kier alpha value is -1.77. The van der Waals surface area contributed by atoms with Crippen LogP contribution in [-0.4, -0.2) is 4.57 Å². The van der Waals surface area contributed by atoms with E-state index >= 15 is 0 Å². The highest BCUT2D eigenvalue weighted by Gasteiger charge is 2.11. The largest absolute Gasteiger partial charge is 0.308 e. The van der Waals surface area contributed by atoms with Crippen LogP contribution < -0.4 is 0 Å². The van der Waals surface area contributed by atoms with E-state index in [0.29, 0.717) is 0 Å². The van der Waals surface area contributed by atoms with E-state index in [-0.39, 0.29) is 0 Å². The summed E-state index contributed by atoms with van der Waals surface area (Å²) in [4.78, 5) is 0. The van der Waals surface area contributed by atoms with Crippen LogP contribution in [0, 0.1) is 0 Å². The van der Waals surface area contributed by atoms with Gasteiger partial charge in [0, 0.05) is 16.2 Å². The van der Waals surface area contributed by atoms with Crippen LogP contribution in [0.3, 0.4) is 0 Å². The molecular weight excluding hydrogens is 274 g/mol. The van der Waals surface area contributed by atoms with Crippen molar-refractivity contribution in [2.45, 2.75) is 0 Å². The first-order chi connectivity index (χ1) is 9.34. The van der Waals surface area contributed by atoms with Gasteiger partial charge in [0.15, 0.2) is 0 Å². The number of halogens is 1. The zero-order valence-corrected chi connectivity index (χ0v) is 11.6. The molecule has 0 aliphatic carbocycles. The minimum atomic E-state index is 0.817. The lowest BCUT2D eigenvalue weighted by Crippen LogP contribution is -1.90. The zero-order valence-electron chi connectivity index (χ0n) is 10.0. The van der Waals surface area contributed by atoms with Crippen molar-refractivity contribution < 1.29 is 0 Å². The summed E-state index contributed by atoms with van der Waals surface area (Å²) in [6.45, 7) is 0. The van der Waals surface area contributed by atoms with E-state index in [1.807, 2.05) is 6.07 Å². The second kappa shape index (κ2) is 4.12. The molecule has 0 radical (unpaired) electrons. The molecule has 0 saturated carbocycles. The molecule has 2 heterocycles. The molecule has 19 heavy (non-hydrogen) atoms. The molecule has 1 nitrogen and oxygen atoms in total. The predicted molar refractivity (Wildman–Crippen MR) is 83.7 cm³/mol. The third-order valence-corrected chi connectivity index (χ3v) is 4.47. The molecule has 2 aromatic heterocycles. The lowest BCUT2D eigenvalue weighted by Gasteiger charge is -2.03. The molecule has 0 bridgehead atoms. The molecule has 0 amide bonds. The molecule has 0 saturated heterocycles. The fourth-order valence-corrected chi connectivity index (χ4v) is 3.46. The molecule has 0 fully saturated rings. The van der Waals surface area contributed by atoms with Crippen LogP contribution in [0.25, 0.3) is 27.5 Å². The Morgan fingerprint density at radius 3 is 1.95 bits per heavy atom. The summed E-state index contributed by atoms with van der Waals surface area (Å²) in [6, 6.07) is 19.0. The zero-order chi connectivity index (χ0) is 12.8. The maximum absolute atomic E-state index is 6.08. The minimum absolute atomic E-state index is 0.817. The van der Waals surface area contributed by atoms with Crippen molar-refractivity contribution in [1.29, 1.82) is 0 Å². The monoisotopic (exact) mass is 283 g/mol. The number of nitrogens with zero attached hydrogens (tertiary/aromatic N) is 1. The smallest absolute Gasteiger partial charge is 0.0949 e. The van der Waals surface area contributed by atoms with Crippen molar-refractivity contribution in [1.82, 2.24) is 4.57 Å². The van der Waals surface area contributed by atoms with E-state index in [2.05, 4.69) is 58.5 Å². The van der Waals surface area contributed by atoms with Gasteiger partial charge < -0.3 is 4.57 Å². The van der Waals surface area contributed by atoms with E-state index in [0.717, 1.165) is 10.0 Å². The number of hydrogen-bond acceptors (Lipinski definition) is 1. The summed E-state index contributed by atoms with van der Waals surface area (Å²) in [7, 11) is 0. The fraction of sp³-hybridized carbons (Fsp3) is 0. The van der Waals surface area contributed by atoms with Gasteiger partial charge in [0.2, 0.25) is 0 Å². The summed E-state index contributed by atoms with van der Waals surface area (Å²) in [5.41, 5.74) is 3.57. The molecule has 0 spiro atoms. The Labute approximate surface area is 119 Å². The van der Waals surface area contributed by atoms with Gasteiger partial charge in [0.1, 0.15) is 0 Å². The van der Waals surface area contributed by atoms with Gasteiger partial charge in [0.05, 0.1) is 21.1 Å². The van der Waals surface area contributed by atoms with E-state index in [1.54, 1.807) is 11.3 Å². The first-order valence-corrected chi connectivity index (χ1v) is 7.33. The van der Waals surface area contributed by atoms with Crippen LogP contribution in [0.4, 0.5) is 0 Å². The van der Waals surface area contributed by atoms with Crippen LogP contribution in [0.5, 0.6) is 0 Å². The summed E-state index contributed by atoms with van der Waals surface area (Å²) < 4.78 is 3.09. The summed E-state index contributed by atoms with van der Waals surface area (Å²) >= 11 is 7.65. The third kappa shape index (κ3) is 1.61. The van der Waals surface area contributed by atoms with Crippen LogP contribution >= 0.6 is 22.9 Å². The quantitative estimate of drug-likeness (QED) is 0.435. The molecule has 92 valence electrons. The number of rotatable bonds is 1. The molecule has 0 aliphatic rings. The van der Waals surface area contributed by atoms with Crippen molar-refractivity contribution >= 4 is 44.7 Å². The number of para-hydroxylation sites is 2. The molecular formula is C16H10ClNS. The topological polar surface area (TPSA) is 4.93 Å². The Kier molecular flexibility index (Phi) is 2.40. The van der Waals surface area contributed by atoms with Crippen LogP contribution in [0.1, 0.15) is 0 Å². The van der Waals surface area contributed by atoms with Crippen molar-refractivity contribution in [2.75, 3.05) is 0 Å².